The average Bonchev–Trinajstić information content (AvgIpc) is 3.05. The molecular formula is C19H23FN4O3. The van der Waals surface area contributed by atoms with Crippen LogP contribution in [0, 0.1) is 5.82 Å². The number of aromatic amines is 1. The van der Waals surface area contributed by atoms with Gasteiger partial charge in [-0.05, 0) is 58.9 Å². The van der Waals surface area contributed by atoms with Crippen LogP contribution in [0.4, 0.5) is 15.0 Å². The summed E-state index contributed by atoms with van der Waals surface area (Å²) in [7, 11) is 0. The van der Waals surface area contributed by atoms with E-state index < -0.39 is 29.0 Å². The number of hydrogen-bond acceptors (Lipinski definition) is 4. The molecule has 2 aromatic rings. The van der Waals surface area contributed by atoms with Gasteiger partial charge in [0.25, 0.3) is 5.91 Å². The molecule has 0 spiro atoms. The molecule has 1 aromatic carbocycles. The number of H-pyrrole nitrogens is 1. The van der Waals surface area contributed by atoms with Gasteiger partial charge in [0.15, 0.2) is 5.82 Å². The first-order valence-corrected chi connectivity index (χ1v) is 8.64. The maximum absolute atomic E-state index is 13.0. The summed E-state index contributed by atoms with van der Waals surface area (Å²) in [6.45, 7) is 9.45. The number of nitrogens with zero attached hydrogens (tertiary/aromatic N) is 2. The number of rotatable bonds is 2. The van der Waals surface area contributed by atoms with Crippen LogP contribution in [0.2, 0.25) is 0 Å². The highest BCUT2D eigenvalue weighted by Crippen LogP contribution is 2.41. The third-order valence-electron chi connectivity index (χ3n) is 4.42. The molecule has 1 aliphatic rings. The maximum atomic E-state index is 13.0. The summed E-state index contributed by atoms with van der Waals surface area (Å²) in [6.07, 6.45) is -0.437. The lowest BCUT2D eigenvalue weighted by molar-refractivity contribution is 0.00452. The molecule has 1 aliphatic heterocycles. The van der Waals surface area contributed by atoms with Gasteiger partial charge in [0, 0.05) is 11.1 Å². The molecule has 144 valence electrons. The molecule has 0 atom stereocenters. The molecule has 27 heavy (non-hydrogen) atoms. The van der Waals surface area contributed by atoms with Crippen LogP contribution in [0.3, 0.4) is 0 Å². The first kappa shape index (κ1) is 18.9. The number of nitrogens with one attached hydrogen (secondary N) is 2. The fourth-order valence-corrected chi connectivity index (χ4v) is 3.01. The summed E-state index contributed by atoms with van der Waals surface area (Å²) in [5.74, 6) is -0.474. The molecule has 2 amide bonds. The van der Waals surface area contributed by atoms with E-state index >= 15 is 0 Å². The van der Waals surface area contributed by atoms with E-state index in [1.165, 1.54) is 24.3 Å². The average molecular weight is 374 g/mol. The normalized spacial score (nSPS) is 15.4. The van der Waals surface area contributed by atoms with Crippen LogP contribution in [0.25, 0.3) is 0 Å². The summed E-state index contributed by atoms with van der Waals surface area (Å²) >= 11 is 0. The Hall–Kier alpha value is -2.90. The summed E-state index contributed by atoms with van der Waals surface area (Å²) in [4.78, 5) is 26.6. The van der Waals surface area contributed by atoms with Gasteiger partial charge in [-0.2, -0.15) is 5.10 Å². The Morgan fingerprint density at radius 3 is 2.48 bits per heavy atom. The summed E-state index contributed by atoms with van der Waals surface area (Å²) in [6, 6.07) is 5.23. The van der Waals surface area contributed by atoms with Crippen LogP contribution in [-0.2, 0) is 16.8 Å². The topological polar surface area (TPSA) is 87.3 Å². The van der Waals surface area contributed by atoms with Crippen molar-refractivity contribution in [1.29, 1.82) is 0 Å². The van der Waals surface area contributed by atoms with Crippen molar-refractivity contribution in [1.82, 2.24) is 15.1 Å². The highest BCUT2D eigenvalue weighted by atomic mass is 19.1. The number of halogens is 1. The van der Waals surface area contributed by atoms with Gasteiger partial charge in [0.05, 0.1) is 17.8 Å². The second kappa shape index (κ2) is 6.37. The molecule has 7 nitrogen and oxygen atoms in total. The van der Waals surface area contributed by atoms with E-state index in [0.717, 1.165) is 11.3 Å². The molecule has 3 rings (SSSR count). The molecule has 0 bridgehead atoms. The minimum Gasteiger partial charge on any atom is -0.444 e. The number of aromatic nitrogens is 2. The van der Waals surface area contributed by atoms with Crippen molar-refractivity contribution >= 4 is 17.8 Å². The predicted molar refractivity (Wildman–Crippen MR) is 97.7 cm³/mol. The summed E-state index contributed by atoms with van der Waals surface area (Å²) in [5, 5.41) is 9.81. The molecule has 1 aromatic heterocycles. The van der Waals surface area contributed by atoms with E-state index in [1.807, 2.05) is 34.6 Å². The molecule has 2 N–H and O–H groups in total. The molecule has 0 saturated carbocycles. The standard InChI is InChI=1S/C19H23FN4O3/c1-18(2,3)27-17(26)24-10-13-14(19(24,4)5)22-23-15(13)21-16(25)11-6-8-12(20)9-7-11/h6-9H,10H2,1-5H3,(H2,21,22,23,25). The van der Waals surface area contributed by atoms with Crippen molar-refractivity contribution in [2.45, 2.75) is 52.3 Å². The van der Waals surface area contributed by atoms with Gasteiger partial charge in [-0.15, -0.1) is 0 Å². The molecule has 2 heterocycles. The molecule has 0 fully saturated rings. The third-order valence-corrected chi connectivity index (χ3v) is 4.42. The molecule has 0 aliphatic carbocycles. The van der Waals surface area contributed by atoms with Crippen molar-refractivity contribution in [3.63, 3.8) is 0 Å². The lowest BCUT2D eigenvalue weighted by Gasteiger charge is -2.33. The number of anilines is 1. The number of ether oxygens (including phenoxy) is 1. The smallest absolute Gasteiger partial charge is 0.411 e. The lowest BCUT2D eigenvalue weighted by Crippen LogP contribution is -2.43. The van der Waals surface area contributed by atoms with Crippen LogP contribution in [0.5, 0.6) is 0 Å². The fraction of sp³-hybridized carbons (Fsp3) is 0.421. The third kappa shape index (κ3) is 3.65. The van der Waals surface area contributed by atoms with E-state index in [1.54, 1.807) is 4.90 Å². The quantitative estimate of drug-likeness (QED) is 0.837. The van der Waals surface area contributed by atoms with Gasteiger partial charge in [0.1, 0.15) is 11.4 Å². The SMILES string of the molecule is CC(C)(C)OC(=O)N1Cc2c(NC(=O)c3ccc(F)cc3)n[nH]c2C1(C)C. The largest absolute Gasteiger partial charge is 0.444 e. The lowest BCUT2D eigenvalue weighted by atomic mass is 10.0. The van der Waals surface area contributed by atoms with Crippen molar-refractivity contribution < 1.29 is 18.7 Å². The number of carbonyl (C=O) groups excluding carboxylic acids is 2. The van der Waals surface area contributed by atoms with Gasteiger partial charge in [-0.25, -0.2) is 9.18 Å². The summed E-state index contributed by atoms with van der Waals surface area (Å²) < 4.78 is 18.5. The first-order valence-electron chi connectivity index (χ1n) is 8.64. The predicted octanol–water partition coefficient (Wildman–Crippen LogP) is 3.79. The molecule has 0 unspecified atom stereocenters. The maximum Gasteiger partial charge on any atom is 0.411 e. The minimum absolute atomic E-state index is 0.257. The monoisotopic (exact) mass is 374 g/mol. The van der Waals surface area contributed by atoms with Crippen LogP contribution in [0.1, 0.15) is 56.2 Å². The van der Waals surface area contributed by atoms with Crippen molar-refractivity contribution in [3.8, 4) is 0 Å². The van der Waals surface area contributed by atoms with Crippen LogP contribution >= 0.6 is 0 Å². The second-order valence-electron chi connectivity index (χ2n) is 8.01. The fourth-order valence-electron chi connectivity index (χ4n) is 3.01. The minimum atomic E-state index is -0.663. The number of carbonyl (C=O) groups is 2. The van der Waals surface area contributed by atoms with Gasteiger partial charge in [-0.1, -0.05) is 0 Å². The first-order chi connectivity index (χ1) is 12.5. The van der Waals surface area contributed by atoms with E-state index in [9.17, 15) is 14.0 Å². The zero-order valence-electron chi connectivity index (χ0n) is 16.0. The Balaban J connectivity index is 1.81. The van der Waals surface area contributed by atoms with Crippen molar-refractivity contribution in [3.05, 3.63) is 46.9 Å². The zero-order valence-corrected chi connectivity index (χ0v) is 16.0. The molecule has 8 heteroatoms. The number of amides is 2. The highest BCUT2D eigenvalue weighted by Gasteiger charge is 2.45. The highest BCUT2D eigenvalue weighted by molar-refractivity contribution is 6.04. The van der Waals surface area contributed by atoms with Crippen molar-refractivity contribution in [2.75, 3.05) is 5.32 Å². The number of benzene rings is 1. The zero-order chi connectivity index (χ0) is 20.0. The van der Waals surface area contributed by atoms with E-state index in [-0.39, 0.29) is 6.54 Å². The van der Waals surface area contributed by atoms with E-state index in [2.05, 4.69) is 15.5 Å². The Morgan fingerprint density at radius 2 is 1.89 bits per heavy atom. The Bertz CT molecular complexity index is 881. The second-order valence-corrected chi connectivity index (χ2v) is 8.01. The molecule has 0 saturated heterocycles. The van der Waals surface area contributed by atoms with Gasteiger partial charge < -0.3 is 10.1 Å². The van der Waals surface area contributed by atoms with Crippen LogP contribution in [0.15, 0.2) is 24.3 Å². The number of fused-ring (bicyclic) bond motifs is 1. The number of hydrogen-bond donors (Lipinski definition) is 2. The van der Waals surface area contributed by atoms with E-state index in [0.29, 0.717) is 11.4 Å². The van der Waals surface area contributed by atoms with Crippen LogP contribution < -0.4 is 5.32 Å². The van der Waals surface area contributed by atoms with Crippen LogP contribution in [-0.4, -0.2) is 32.7 Å². The van der Waals surface area contributed by atoms with Gasteiger partial charge >= 0.3 is 6.09 Å². The van der Waals surface area contributed by atoms with E-state index in [4.69, 9.17) is 4.74 Å². The van der Waals surface area contributed by atoms with Gasteiger partial charge in [-0.3, -0.25) is 14.8 Å². The molecule has 0 radical (unpaired) electrons. The Kier molecular flexibility index (Phi) is 4.45. The van der Waals surface area contributed by atoms with Gasteiger partial charge in [0.2, 0.25) is 0 Å². The van der Waals surface area contributed by atoms with Crippen molar-refractivity contribution in [2.24, 2.45) is 0 Å². The Labute approximate surface area is 156 Å². The summed E-state index contributed by atoms with van der Waals surface area (Å²) in [5.41, 5.74) is 0.503. The molecular weight excluding hydrogens is 351 g/mol. The Morgan fingerprint density at radius 1 is 1.26 bits per heavy atom.